The van der Waals surface area contributed by atoms with Crippen molar-refractivity contribution in [1.29, 1.82) is 0 Å². The second-order valence-electron chi connectivity index (χ2n) is 4.56. The highest BCUT2D eigenvalue weighted by atomic mass is 32.2. The van der Waals surface area contributed by atoms with Gasteiger partial charge in [-0.25, -0.2) is 22.8 Å². The van der Waals surface area contributed by atoms with E-state index in [1.54, 1.807) is 6.20 Å². The van der Waals surface area contributed by atoms with Crippen molar-refractivity contribution in [2.24, 2.45) is 0 Å². The smallest absolute Gasteiger partial charge is 0.247 e. The van der Waals surface area contributed by atoms with Gasteiger partial charge in [-0.05, 0) is 18.2 Å². The molecule has 0 saturated carbocycles. The highest BCUT2D eigenvalue weighted by Gasteiger charge is 2.33. The fraction of sp³-hybridized carbons (Fsp3) is 0.231. The predicted molar refractivity (Wildman–Crippen MR) is 71.4 cm³/mol. The van der Waals surface area contributed by atoms with Crippen LogP contribution in [0.2, 0.25) is 0 Å². The van der Waals surface area contributed by atoms with Gasteiger partial charge in [-0.1, -0.05) is 0 Å². The maximum absolute atomic E-state index is 13.4. The fourth-order valence-electron chi connectivity index (χ4n) is 2.23. The van der Waals surface area contributed by atoms with Crippen molar-refractivity contribution in [2.75, 3.05) is 7.11 Å². The number of sulfonamides is 1. The van der Waals surface area contributed by atoms with Crippen LogP contribution in [0.4, 0.5) is 4.39 Å². The third-order valence-corrected chi connectivity index (χ3v) is 5.11. The molecule has 0 spiro atoms. The van der Waals surface area contributed by atoms with Crippen molar-refractivity contribution < 1.29 is 17.5 Å². The Bertz CT molecular complexity index is 770. The van der Waals surface area contributed by atoms with Crippen molar-refractivity contribution in [3.05, 3.63) is 47.8 Å². The normalized spacial score (nSPS) is 15.0. The van der Waals surface area contributed by atoms with Crippen LogP contribution in [0, 0.1) is 5.82 Å². The van der Waals surface area contributed by atoms with Gasteiger partial charge in [0.2, 0.25) is 10.0 Å². The average molecular weight is 309 g/mol. The number of benzene rings is 1. The largest absolute Gasteiger partial charge is 0.495 e. The van der Waals surface area contributed by atoms with Crippen LogP contribution < -0.4 is 4.74 Å². The summed E-state index contributed by atoms with van der Waals surface area (Å²) in [7, 11) is -2.53. The second kappa shape index (κ2) is 5.05. The summed E-state index contributed by atoms with van der Waals surface area (Å²) in [5, 5.41) is 0. The van der Waals surface area contributed by atoms with Crippen LogP contribution >= 0.6 is 0 Å². The minimum atomic E-state index is -3.87. The number of nitrogens with zero attached hydrogens (tertiary/aromatic N) is 3. The van der Waals surface area contributed by atoms with Gasteiger partial charge in [0.05, 0.1) is 19.3 Å². The molecule has 0 fully saturated rings. The molecule has 1 aromatic heterocycles. The third-order valence-electron chi connectivity index (χ3n) is 3.30. The molecule has 8 heteroatoms. The molecule has 21 heavy (non-hydrogen) atoms. The van der Waals surface area contributed by atoms with E-state index in [9.17, 15) is 12.8 Å². The lowest BCUT2D eigenvalue weighted by Gasteiger charge is -2.17. The monoisotopic (exact) mass is 309 g/mol. The van der Waals surface area contributed by atoms with Gasteiger partial charge in [0, 0.05) is 18.3 Å². The van der Waals surface area contributed by atoms with Crippen LogP contribution in [0.5, 0.6) is 5.75 Å². The van der Waals surface area contributed by atoms with Crippen molar-refractivity contribution in [3.8, 4) is 5.75 Å². The van der Waals surface area contributed by atoms with Crippen molar-refractivity contribution >= 4 is 10.0 Å². The summed E-state index contributed by atoms with van der Waals surface area (Å²) in [5.74, 6) is -0.524. The zero-order valence-electron chi connectivity index (χ0n) is 11.2. The van der Waals surface area contributed by atoms with E-state index in [2.05, 4.69) is 9.97 Å². The van der Waals surface area contributed by atoms with Gasteiger partial charge in [-0.15, -0.1) is 0 Å². The number of hydrogen-bond donors (Lipinski definition) is 0. The van der Waals surface area contributed by atoms with Crippen molar-refractivity contribution in [1.82, 2.24) is 14.3 Å². The molecule has 0 N–H and O–H groups in total. The van der Waals surface area contributed by atoms with E-state index in [0.717, 1.165) is 17.7 Å². The molecule has 0 unspecified atom stereocenters. The fourth-order valence-corrected chi connectivity index (χ4v) is 3.78. The maximum Gasteiger partial charge on any atom is 0.247 e. The Kier molecular flexibility index (Phi) is 3.34. The first kappa shape index (κ1) is 13.9. The van der Waals surface area contributed by atoms with E-state index in [0.29, 0.717) is 5.69 Å². The highest BCUT2D eigenvalue weighted by molar-refractivity contribution is 7.89. The maximum atomic E-state index is 13.4. The lowest BCUT2D eigenvalue weighted by atomic mass is 10.3. The van der Waals surface area contributed by atoms with Crippen LogP contribution in [0.1, 0.15) is 11.3 Å². The van der Waals surface area contributed by atoms with Crippen LogP contribution in [0.15, 0.2) is 35.6 Å². The quantitative estimate of drug-likeness (QED) is 0.855. The molecule has 1 aliphatic heterocycles. The average Bonchev–Trinajstić information content (AvgIpc) is 2.92. The molecule has 0 radical (unpaired) electrons. The minimum absolute atomic E-state index is 0.110. The Morgan fingerprint density at radius 2 is 2.14 bits per heavy atom. The lowest BCUT2D eigenvalue weighted by molar-refractivity contribution is 0.390. The SMILES string of the molecule is COc1ccc(F)cc1S(=O)(=O)N1Cc2cncnc2C1. The van der Waals surface area contributed by atoms with Gasteiger partial charge < -0.3 is 4.74 Å². The molecule has 0 bridgehead atoms. The standard InChI is InChI=1S/C13H12FN3O3S/c1-20-12-3-2-10(14)4-13(12)21(18,19)17-6-9-5-15-8-16-11(9)7-17/h2-5,8H,6-7H2,1H3. The van der Waals surface area contributed by atoms with Gasteiger partial charge >= 0.3 is 0 Å². The summed E-state index contributed by atoms with van der Waals surface area (Å²) in [6.07, 6.45) is 2.96. The molecular weight excluding hydrogens is 297 g/mol. The highest BCUT2D eigenvalue weighted by Crippen LogP contribution is 2.32. The molecule has 0 aliphatic carbocycles. The second-order valence-corrected chi connectivity index (χ2v) is 6.47. The first-order chi connectivity index (χ1) is 10.0. The number of fused-ring (bicyclic) bond motifs is 1. The molecule has 2 heterocycles. The summed E-state index contributed by atoms with van der Waals surface area (Å²) < 4.78 is 45.0. The van der Waals surface area contributed by atoms with E-state index < -0.39 is 15.8 Å². The van der Waals surface area contributed by atoms with Crippen molar-refractivity contribution in [2.45, 2.75) is 18.0 Å². The Morgan fingerprint density at radius 3 is 2.86 bits per heavy atom. The van der Waals surface area contributed by atoms with Gasteiger partial charge in [-0.2, -0.15) is 4.31 Å². The van der Waals surface area contributed by atoms with E-state index in [4.69, 9.17) is 4.74 Å². The van der Waals surface area contributed by atoms with E-state index in [1.807, 2.05) is 0 Å². The Hall–Kier alpha value is -2.06. The molecular formula is C13H12FN3O3S. The van der Waals surface area contributed by atoms with Gasteiger partial charge in [0.1, 0.15) is 22.8 Å². The third kappa shape index (κ3) is 2.36. The lowest BCUT2D eigenvalue weighted by Crippen LogP contribution is -2.26. The van der Waals surface area contributed by atoms with Gasteiger partial charge in [0.25, 0.3) is 0 Å². The molecule has 1 aliphatic rings. The number of aromatic nitrogens is 2. The van der Waals surface area contributed by atoms with Crippen molar-refractivity contribution in [3.63, 3.8) is 0 Å². The molecule has 0 amide bonds. The topological polar surface area (TPSA) is 72.4 Å². The zero-order valence-corrected chi connectivity index (χ0v) is 12.0. The Balaban J connectivity index is 2.02. The molecule has 1 aromatic carbocycles. The summed E-state index contributed by atoms with van der Waals surface area (Å²) in [4.78, 5) is 7.74. The van der Waals surface area contributed by atoms with Gasteiger partial charge in [0.15, 0.2) is 0 Å². The first-order valence-corrected chi connectivity index (χ1v) is 7.58. The van der Waals surface area contributed by atoms with E-state index in [-0.39, 0.29) is 23.7 Å². The molecule has 6 nitrogen and oxygen atoms in total. The first-order valence-electron chi connectivity index (χ1n) is 6.14. The number of rotatable bonds is 3. The summed E-state index contributed by atoms with van der Waals surface area (Å²) in [5.41, 5.74) is 1.40. The molecule has 2 aromatic rings. The predicted octanol–water partition coefficient (Wildman–Crippen LogP) is 1.33. The number of methoxy groups -OCH3 is 1. The zero-order chi connectivity index (χ0) is 15.0. The Morgan fingerprint density at radius 1 is 1.33 bits per heavy atom. The van der Waals surface area contributed by atoms with Crippen LogP contribution in [0.3, 0.4) is 0 Å². The molecule has 3 rings (SSSR count). The number of halogens is 1. The molecule has 110 valence electrons. The number of hydrogen-bond acceptors (Lipinski definition) is 5. The number of ether oxygens (including phenoxy) is 1. The van der Waals surface area contributed by atoms with Gasteiger partial charge in [-0.3, -0.25) is 0 Å². The molecule has 0 atom stereocenters. The minimum Gasteiger partial charge on any atom is -0.495 e. The summed E-state index contributed by atoms with van der Waals surface area (Å²) >= 11 is 0. The van der Waals surface area contributed by atoms with Crippen LogP contribution in [-0.2, 0) is 23.1 Å². The summed E-state index contributed by atoms with van der Waals surface area (Å²) in [6, 6.07) is 3.41. The molecule has 0 saturated heterocycles. The van der Waals surface area contributed by atoms with E-state index in [1.165, 1.54) is 23.8 Å². The van der Waals surface area contributed by atoms with E-state index >= 15 is 0 Å². The van der Waals surface area contributed by atoms with Crippen LogP contribution in [-0.4, -0.2) is 29.8 Å². The Labute approximate surface area is 121 Å². The van der Waals surface area contributed by atoms with Crippen LogP contribution in [0.25, 0.3) is 0 Å². The summed E-state index contributed by atoms with van der Waals surface area (Å²) in [6.45, 7) is 0.304.